The van der Waals surface area contributed by atoms with Crippen LogP contribution in [0.2, 0.25) is 0 Å². The van der Waals surface area contributed by atoms with Gasteiger partial charge in [0.05, 0.1) is 18.0 Å². The van der Waals surface area contributed by atoms with Crippen molar-refractivity contribution in [2.24, 2.45) is 11.8 Å². The number of thiophene rings is 1. The maximum atomic E-state index is 13.7. The lowest BCUT2D eigenvalue weighted by molar-refractivity contribution is -0.123. The number of fused-ring (bicyclic) bond motifs is 1. The maximum absolute atomic E-state index is 13.7. The summed E-state index contributed by atoms with van der Waals surface area (Å²) in [6, 6.07) is 13.5. The summed E-state index contributed by atoms with van der Waals surface area (Å²) in [5.74, 6) is -0.495. The zero-order valence-electron chi connectivity index (χ0n) is 21.7. The van der Waals surface area contributed by atoms with Crippen LogP contribution >= 0.6 is 11.3 Å². The van der Waals surface area contributed by atoms with Crippen molar-refractivity contribution in [2.45, 2.75) is 39.5 Å². The van der Waals surface area contributed by atoms with Gasteiger partial charge in [-0.2, -0.15) is 5.10 Å². The van der Waals surface area contributed by atoms with Crippen molar-refractivity contribution in [1.29, 1.82) is 0 Å². The lowest BCUT2D eigenvalue weighted by Crippen LogP contribution is -2.40. The number of anilines is 1. The van der Waals surface area contributed by atoms with Gasteiger partial charge in [0.1, 0.15) is 4.88 Å². The van der Waals surface area contributed by atoms with E-state index >= 15 is 0 Å². The predicted molar refractivity (Wildman–Crippen MR) is 149 cm³/mol. The smallest absolute Gasteiger partial charge is 0.348 e. The Labute approximate surface area is 225 Å². The van der Waals surface area contributed by atoms with Crippen LogP contribution in [-0.4, -0.2) is 51.3 Å². The SMILES string of the molecule is CCOCCN(c1cc(-c2ccc(-c3cc4ncccn4n3)cc2)sc1C(=O)O)C(=O)[C@H]1CC[C@H](C)CC1. The van der Waals surface area contributed by atoms with Crippen molar-refractivity contribution in [1.82, 2.24) is 14.6 Å². The minimum Gasteiger partial charge on any atom is -0.477 e. The van der Waals surface area contributed by atoms with Crippen molar-refractivity contribution in [3.8, 4) is 21.7 Å². The number of hydrogen-bond acceptors (Lipinski definition) is 6. The van der Waals surface area contributed by atoms with E-state index in [1.165, 1.54) is 11.3 Å². The molecule has 4 aromatic rings. The fraction of sp³-hybridized carbons (Fsp3) is 0.379. The highest BCUT2D eigenvalue weighted by molar-refractivity contribution is 7.18. The number of carboxylic acids is 1. The van der Waals surface area contributed by atoms with E-state index in [0.717, 1.165) is 53.0 Å². The van der Waals surface area contributed by atoms with Crippen LogP contribution in [0.1, 0.15) is 49.2 Å². The Morgan fingerprint density at radius 1 is 1.13 bits per heavy atom. The number of carbonyl (C=O) groups excluding carboxylic acids is 1. The Bertz CT molecular complexity index is 1390. The molecule has 8 nitrogen and oxygen atoms in total. The van der Waals surface area contributed by atoms with Gasteiger partial charge in [-0.15, -0.1) is 11.3 Å². The van der Waals surface area contributed by atoms with E-state index in [1.54, 1.807) is 15.6 Å². The Morgan fingerprint density at radius 2 is 1.87 bits per heavy atom. The van der Waals surface area contributed by atoms with Crippen molar-refractivity contribution >= 4 is 34.5 Å². The Hall–Kier alpha value is -3.56. The predicted octanol–water partition coefficient (Wildman–Crippen LogP) is 6.02. The summed E-state index contributed by atoms with van der Waals surface area (Å²) in [6.45, 7) is 5.36. The van der Waals surface area contributed by atoms with Gasteiger partial charge in [-0.25, -0.2) is 14.3 Å². The van der Waals surface area contributed by atoms with Gasteiger partial charge in [0.25, 0.3) is 0 Å². The molecule has 1 aromatic carbocycles. The van der Waals surface area contributed by atoms with Gasteiger partial charge in [-0.3, -0.25) is 4.79 Å². The number of nitrogens with zero attached hydrogens (tertiary/aromatic N) is 4. The summed E-state index contributed by atoms with van der Waals surface area (Å²) < 4.78 is 7.29. The van der Waals surface area contributed by atoms with Gasteiger partial charge in [-0.05, 0) is 56.2 Å². The molecule has 1 saturated carbocycles. The highest BCUT2D eigenvalue weighted by atomic mass is 32.1. The third-order valence-corrected chi connectivity index (χ3v) is 8.35. The third-order valence-electron chi connectivity index (χ3n) is 7.19. The van der Waals surface area contributed by atoms with Gasteiger partial charge in [0.2, 0.25) is 5.91 Å². The van der Waals surface area contributed by atoms with Crippen LogP contribution in [-0.2, 0) is 9.53 Å². The molecule has 0 aliphatic heterocycles. The zero-order valence-corrected chi connectivity index (χ0v) is 22.5. The number of aromatic carboxylic acids is 1. The van der Waals surface area contributed by atoms with Crippen molar-refractivity contribution in [2.75, 3.05) is 24.7 Å². The number of ether oxygens (including phenoxy) is 1. The molecule has 1 aliphatic rings. The van der Waals surface area contributed by atoms with E-state index in [2.05, 4.69) is 17.0 Å². The maximum Gasteiger partial charge on any atom is 0.348 e. The van der Waals surface area contributed by atoms with E-state index in [1.807, 2.05) is 55.6 Å². The summed E-state index contributed by atoms with van der Waals surface area (Å²) in [6.07, 6.45) is 7.30. The molecule has 1 aliphatic carbocycles. The number of benzene rings is 1. The van der Waals surface area contributed by atoms with Crippen molar-refractivity contribution in [3.63, 3.8) is 0 Å². The molecule has 1 N–H and O–H groups in total. The minimum absolute atomic E-state index is 0.000686. The number of aromatic nitrogens is 3. The van der Waals surface area contributed by atoms with E-state index in [0.29, 0.717) is 31.4 Å². The molecule has 38 heavy (non-hydrogen) atoms. The molecular weight excluding hydrogens is 500 g/mol. The van der Waals surface area contributed by atoms with Gasteiger partial charge >= 0.3 is 5.97 Å². The first-order valence-electron chi connectivity index (χ1n) is 13.1. The van der Waals surface area contributed by atoms with Crippen LogP contribution in [0.25, 0.3) is 27.3 Å². The number of rotatable bonds is 9. The second-order valence-corrected chi connectivity index (χ2v) is 10.9. The standard InChI is InChI=1S/C29H32N4O4S/c1-3-37-16-15-32(28(34)22-7-5-19(2)6-8-22)24-18-25(38-27(24)29(35)36)21-11-9-20(10-12-21)23-17-26-30-13-4-14-33(26)31-23/h4,9-14,17-19,22H,3,5-8,15-16H2,1-2H3,(H,35,36)/t19-,22-. The summed E-state index contributed by atoms with van der Waals surface area (Å²) in [4.78, 5) is 32.9. The van der Waals surface area contributed by atoms with Crippen molar-refractivity contribution < 1.29 is 19.4 Å². The quantitative estimate of drug-likeness (QED) is 0.265. The second kappa shape index (κ2) is 11.4. The van der Waals surface area contributed by atoms with Gasteiger partial charge < -0.3 is 14.7 Å². The lowest BCUT2D eigenvalue weighted by Gasteiger charge is -2.31. The molecule has 0 bridgehead atoms. The first-order valence-corrected chi connectivity index (χ1v) is 13.9. The van der Waals surface area contributed by atoms with Crippen LogP contribution in [0.5, 0.6) is 0 Å². The Morgan fingerprint density at radius 3 is 2.55 bits per heavy atom. The number of carboxylic acid groups (broad SMARTS) is 1. The third kappa shape index (κ3) is 5.49. The van der Waals surface area contributed by atoms with Crippen LogP contribution < -0.4 is 4.90 Å². The summed E-state index contributed by atoms with van der Waals surface area (Å²) in [7, 11) is 0. The molecule has 5 rings (SSSR count). The Balaban J connectivity index is 1.44. The molecule has 0 unspecified atom stereocenters. The topological polar surface area (TPSA) is 97.0 Å². The normalized spacial score (nSPS) is 17.5. The zero-order chi connectivity index (χ0) is 26.6. The van der Waals surface area contributed by atoms with Crippen LogP contribution in [0.15, 0.2) is 54.9 Å². The summed E-state index contributed by atoms with van der Waals surface area (Å²) >= 11 is 1.19. The van der Waals surface area contributed by atoms with Crippen LogP contribution in [0.3, 0.4) is 0 Å². The van der Waals surface area contributed by atoms with E-state index < -0.39 is 5.97 Å². The average molecular weight is 533 g/mol. The summed E-state index contributed by atoms with van der Waals surface area (Å²) in [5, 5.41) is 14.6. The molecule has 1 fully saturated rings. The molecule has 3 aromatic heterocycles. The van der Waals surface area contributed by atoms with Gasteiger partial charge in [0, 0.05) is 48.0 Å². The highest BCUT2D eigenvalue weighted by Gasteiger charge is 2.32. The number of hydrogen-bond donors (Lipinski definition) is 1. The fourth-order valence-corrected chi connectivity index (χ4v) is 6.04. The van der Waals surface area contributed by atoms with Gasteiger partial charge in [-0.1, -0.05) is 31.2 Å². The number of amides is 1. The molecule has 0 radical (unpaired) electrons. The van der Waals surface area contributed by atoms with Gasteiger partial charge in [0.15, 0.2) is 5.65 Å². The minimum atomic E-state index is -1.03. The fourth-order valence-electron chi connectivity index (χ4n) is 5.03. The first-order chi connectivity index (χ1) is 18.4. The van der Waals surface area contributed by atoms with Crippen molar-refractivity contribution in [3.05, 3.63) is 59.7 Å². The monoisotopic (exact) mass is 532 g/mol. The van der Waals surface area contributed by atoms with E-state index in [9.17, 15) is 14.7 Å². The lowest BCUT2D eigenvalue weighted by atomic mass is 9.82. The molecule has 3 heterocycles. The van der Waals surface area contributed by atoms with Crippen LogP contribution in [0.4, 0.5) is 5.69 Å². The molecule has 0 spiro atoms. The summed E-state index contributed by atoms with van der Waals surface area (Å²) in [5.41, 5.74) is 3.86. The molecule has 0 atom stereocenters. The average Bonchev–Trinajstić information content (AvgIpc) is 3.57. The number of carbonyl (C=O) groups is 2. The molecule has 198 valence electrons. The molecule has 0 saturated heterocycles. The molecule has 1 amide bonds. The Kier molecular flexibility index (Phi) is 7.85. The first kappa shape index (κ1) is 26.1. The highest BCUT2D eigenvalue weighted by Crippen LogP contribution is 2.39. The van der Waals surface area contributed by atoms with E-state index in [-0.39, 0.29) is 16.7 Å². The second-order valence-electron chi connectivity index (χ2n) is 9.80. The van der Waals surface area contributed by atoms with Crippen LogP contribution in [0, 0.1) is 11.8 Å². The largest absolute Gasteiger partial charge is 0.477 e. The van der Waals surface area contributed by atoms with E-state index in [4.69, 9.17) is 4.74 Å². The molecular formula is C29H32N4O4S. The molecule has 9 heteroatoms.